The average molecular weight is 227 g/mol. The van der Waals surface area contributed by atoms with Crippen molar-refractivity contribution in [1.82, 2.24) is 5.32 Å². The van der Waals surface area contributed by atoms with Crippen LogP contribution in [0.4, 0.5) is 13.2 Å². The van der Waals surface area contributed by atoms with Gasteiger partial charge in [-0.15, -0.1) is 0 Å². The van der Waals surface area contributed by atoms with Gasteiger partial charge in [-0.3, -0.25) is 4.79 Å². The van der Waals surface area contributed by atoms with Crippen LogP contribution in [-0.2, 0) is 4.79 Å². The van der Waals surface area contributed by atoms with Gasteiger partial charge in [-0.1, -0.05) is 6.42 Å². The number of carbonyl (C=O) groups is 1. The zero-order chi connectivity index (χ0) is 11.7. The van der Waals surface area contributed by atoms with Gasteiger partial charge in [-0.2, -0.15) is 13.2 Å². The van der Waals surface area contributed by atoms with Crippen molar-refractivity contribution in [3.05, 3.63) is 0 Å². The SMILES string of the molecule is O=C(O)CCCCCNCCC(F)(F)F. The van der Waals surface area contributed by atoms with E-state index in [4.69, 9.17) is 5.11 Å². The summed E-state index contributed by atoms with van der Waals surface area (Å²) in [5.41, 5.74) is 0. The van der Waals surface area contributed by atoms with E-state index in [0.29, 0.717) is 19.4 Å². The zero-order valence-electron chi connectivity index (χ0n) is 8.44. The van der Waals surface area contributed by atoms with Crippen molar-refractivity contribution in [2.75, 3.05) is 13.1 Å². The predicted octanol–water partition coefficient (Wildman–Crippen LogP) is 2.17. The van der Waals surface area contributed by atoms with Crippen molar-refractivity contribution in [1.29, 1.82) is 0 Å². The third kappa shape index (κ3) is 13.2. The van der Waals surface area contributed by atoms with Gasteiger partial charge in [0, 0.05) is 13.0 Å². The Morgan fingerprint density at radius 1 is 1.13 bits per heavy atom. The molecule has 0 aromatic rings. The van der Waals surface area contributed by atoms with E-state index in [9.17, 15) is 18.0 Å². The molecule has 0 amide bonds. The second-order valence-corrected chi connectivity index (χ2v) is 3.32. The summed E-state index contributed by atoms with van der Waals surface area (Å²) in [6.45, 7) is 0.443. The summed E-state index contributed by atoms with van der Waals surface area (Å²) in [7, 11) is 0. The minimum absolute atomic E-state index is 0.0670. The van der Waals surface area contributed by atoms with E-state index in [-0.39, 0.29) is 13.0 Å². The number of hydrogen-bond acceptors (Lipinski definition) is 2. The lowest BCUT2D eigenvalue weighted by Crippen LogP contribution is -2.22. The zero-order valence-corrected chi connectivity index (χ0v) is 8.44. The molecule has 6 heteroatoms. The summed E-state index contributed by atoms with van der Waals surface area (Å²) in [5, 5.41) is 11.0. The molecule has 0 spiro atoms. The number of hydrogen-bond donors (Lipinski definition) is 2. The minimum Gasteiger partial charge on any atom is -0.481 e. The lowest BCUT2D eigenvalue weighted by atomic mass is 10.2. The van der Waals surface area contributed by atoms with Crippen molar-refractivity contribution >= 4 is 5.97 Å². The normalized spacial score (nSPS) is 11.7. The molecule has 0 aliphatic heterocycles. The number of unbranched alkanes of at least 4 members (excludes halogenated alkanes) is 2. The highest BCUT2D eigenvalue weighted by molar-refractivity contribution is 5.66. The summed E-state index contributed by atoms with van der Waals surface area (Å²) < 4.78 is 35.0. The van der Waals surface area contributed by atoms with Gasteiger partial charge < -0.3 is 10.4 Å². The summed E-state index contributed by atoms with van der Waals surface area (Å²) in [5.74, 6) is -0.833. The lowest BCUT2D eigenvalue weighted by molar-refractivity contribution is -0.137. The Bertz CT molecular complexity index is 183. The summed E-state index contributed by atoms with van der Waals surface area (Å²) in [6, 6.07) is 0. The van der Waals surface area contributed by atoms with Crippen molar-refractivity contribution in [2.24, 2.45) is 0 Å². The Labute approximate surface area is 86.7 Å². The van der Waals surface area contributed by atoms with Gasteiger partial charge in [-0.05, 0) is 19.4 Å². The van der Waals surface area contributed by atoms with Crippen molar-refractivity contribution in [3.63, 3.8) is 0 Å². The number of aliphatic carboxylic acids is 1. The third-order valence-electron chi connectivity index (χ3n) is 1.83. The highest BCUT2D eigenvalue weighted by Crippen LogP contribution is 2.18. The summed E-state index contributed by atoms with van der Waals surface area (Å²) in [6.07, 6.45) is -2.77. The molecule has 0 unspecified atom stereocenters. The fraction of sp³-hybridized carbons (Fsp3) is 0.889. The lowest BCUT2D eigenvalue weighted by Gasteiger charge is -2.07. The number of nitrogens with one attached hydrogen (secondary N) is 1. The summed E-state index contributed by atoms with van der Waals surface area (Å²) >= 11 is 0. The highest BCUT2D eigenvalue weighted by atomic mass is 19.4. The van der Waals surface area contributed by atoms with Gasteiger partial charge in [0.15, 0.2) is 0 Å². The first-order valence-electron chi connectivity index (χ1n) is 4.91. The van der Waals surface area contributed by atoms with Crippen LogP contribution < -0.4 is 5.32 Å². The van der Waals surface area contributed by atoms with Crippen LogP contribution in [0.1, 0.15) is 32.1 Å². The Hall–Kier alpha value is -0.780. The van der Waals surface area contributed by atoms with Crippen molar-refractivity contribution < 1.29 is 23.1 Å². The smallest absolute Gasteiger partial charge is 0.390 e. The van der Waals surface area contributed by atoms with Crippen molar-refractivity contribution in [3.8, 4) is 0 Å². The van der Waals surface area contributed by atoms with Crippen LogP contribution in [-0.4, -0.2) is 30.3 Å². The number of alkyl halides is 3. The van der Waals surface area contributed by atoms with Crippen molar-refractivity contribution in [2.45, 2.75) is 38.3 Å². The van der Waals surface area contributed by atoms with Gasteiger partial charge >= 0.3 is 12.1 Å². The predicted molar refractivity (Wildman–Crippen MR) is 49.6 cm³/mol. The van der Waals surface area contributed by atoms with Crippen LogP contribution in [0.2, 0.25) is 0 Å². The molecule has 0 aromatic heterocycles. The topological polar surface area (TPSA) is 49.3 Å². The molecule has 90 valence electrons. The quantitative estimate of drug-likeness (QED) is 0.625. The molecule has 2 N–H and O–H groups in total. The van der Waals surface area contributed by atoms with Gasteiger partial charge in [0.1, 0.15) is 0 Å². The Morgan fingerprint density at radius 2 is 1.80 bits per heavy atom. The first-order valence-corrected chi connectivity index (χ1v) is 4.91. The second kappa shape index (κ2) is 7.50. The second-order valence-electron chi connectivity index (χ2n) is 3.32. The molecule has 0 heterocycles. The maximum Gasteiger partial charge on any atom is 0.390 e. The Balaban J connectivity index is 3.09. The molecule has 0 fully saturated rings. The summed E-state index contributed by atoms with van der Waals surface area (Å²) in [4.78, 5) is 10.1. The molecular formula is C9H16F3NO2. The third-order valence-corrected chi connectivity index (χ3v) is 1.83. The van der Waals surface area contributed by atoms with Gasteiger partial charge in [0.05, 0.1) is 6.42 Å². The Kier molecular flexibility index (Phi) is 7.11. The largest absolute Gasteiger partial charge is 0.481 e. The first-order chi connectivity index (χ1) is 6.92. The molecule has 3 nitrogen and oxygen atoms in total. The molecule has 0 saturated carbocycles. The van der Waals surface area contributed by atoms with E-state index in [1.165, 1.54) is 0 Å². The minimum atomic E-state index is -4.10. The molecule has 0 rings (SSSR count). The Morgan fingerprint density at radius 3 is 2.33 bits per heavy atom. The van der Waals surface area contributed by atoms with Crippen LogP contribution in [0.25, 0.3) is 0 Å². The number of carboxylic acids is 1. The molecule has 0 radical (unpaired) electrons. The van der Waals surface area contributed by atoms with Crippen LogP contribution >= 0.6 is 0 Å². The average Bonchev–Trinajstić information content (AvgIpc) is 2.07. The number of halogens is 3. The number of rotatable bonds is 8. The van der Waals surface area contributed by atoms with Crippen LogP contribution in [0.15, 0.2) is 0 Å². The maximum absolute atomic E-state index is 11.7. The molecule has 15 heavy (non-hydrogen) atoms. The monoisotopic (exact) mass is 227 g/mol. The molecule has 0 atom stereocenters. The molecule has 0 aliphatic rings. The van der Waals surface area contributed by atoms with E-state index >= 15 is 0 Å². The van der Waals surface area contributed by atoms with Crippen LogP contribution in [0.3, 0.4) is 0 Å². The van der Waals surface area contributed by atoms with Crippen LogP contribution in [0.5, 0.6) is 0 Å². The van der Waals surface area contributed by atoms with E-state index in [1.807, 2.05) is 0 Å². The van der Waals surface area contributed by atoms with E-state index < -0.39 is 18.6 Å². The fourth-order valence-electron chi connectivity index (χ4n) is 1.06. The standard InChI is InChI=1S/C9H16F3NO2/c10-9(11,12)5-7-13-6-3-1-2-4-8(14)15/h13H,1-7H2,(H,14,15). The molecule has 0 aliphatic carbocycles. The maximum atomic E-state index is 11.7. The molecule has 0 bridgehead atoms. The molecule has 0 aromatic carbocycles. The molecular weight excluding hydrogens is 211 g/mol. The van der Waals surface area contributed by atoms with Crippen LogP contribution in [0, 0.1) is 0 Å². The van der Waals surface area contributed by atoms with Gasteiger partial charge in [0.25, 0.3) is 0 Å². The van der Waals surface area contributed by atoms with E-state index in [2.05, 4.69) is 5.32 Å². The van der Waals surface area contributed by atoms with E-state index in [0.717, 1.165) is 6.42 Å². The number of carboxylic acid groups (broad SMARTS) is 1. The van der Waals surface area contributed by atoms with Gasteiger partial charge in [0.2, 0.25) is 0 Å². The fourth-order valence-corrected chi connectivity index (χ4v) is 1.06. The van der Waals surface area contributed by atoms with Gasteiger partial charge in [-0.25, -0.2) is 0 Å². The molecule has 0 saturated heterocycles. The van der Waals surface area contributed by atoms with E-state index in [1.54, 1.807) is 0 Å². The highest BCUT2D eigenvalue weighted by Gasteiger charge is 2.25. The first kappa shape index (κ1) is 14.2.